The van der Waals surface area contributed by atoms with E-state index in [0.717, 1.165) is 18.4 Å². The third-order valence-corrected chi connectivity index (χ3v) is 7.24. The number of aryl methyl sites for hydroxylation is 1. The second-order valence-corrected chi connectivity index (χ2v) is 10.1. The SMILES string of the molecule is Cc1ccc(C(=O)NC(CC2CCC(Cc3ccc(Cl)c(Cl)c3)CC2)C(C)C)cc1. The molecule has 0 bridgehead atoms. The molecule has 0 aromatic heterocycles. The lowest BCUT2D eigenvalue weighted by atomic mass is 9.76. The number of nitrogens with one attached hydrogen (secondary N) is 1. The van der Waals surface area contributed by atoms with Crippen LogP contribution in [0.3, 0.4) is 0 Å². The van der Waals surface area contributed by atoms with Gasteiger partial charge in [0.2, 0.25) is 0 Å². The number of halogens is 2. The first-order valence-electron chi connectivity index (χ1n) is 11.1. The Hall–Kier alpha value is -1.51. The fraction of sp³-hybridized carbons (Fsp3) is 0.500. The van der Waals surface area contributed by atoms with Crippen LogP contribution in [0.4, 0.5) is 0 Å². The first-order chi connectivity index (χ1) is 14.3. The minimum atomic E-state index is 0.0435. The zero-order valence-corrected chi connectivity index (χ0v) is 19.8. The molecule has 0 heterocycles. The molecule has 0 spiro atoms. The van der Waals surface area contributed by atoms with Gasteiger partial charge in [0.05, 0.1) is 10.0 Å². The quantitative estimate of drug-likeness (QED) is 0.469. The highest BCUT2D eigenvalue weighted by molar-refractivity contribution is 6.42. The van der Waals surface area contributed by atoms with Crippen LogP contribution in [0, 0.1) is 24.7 Å². The summed E-state index contributed by atoms with van der Waals surface area (Å²) in [6.07, 6.45) is 7.07. The van der Waals surface area contributed by atoms with Gasteiger partial charge in [-0.1, -0.05) is 73.7 Å². The molecule has 162 valence electrons. The molecule has 3 rings (SSSR count). The van der Waals surface area contributed by atoms with Crippen LogP contribution in [0.25, 0.3) is 0 Å². The van der Waals surface area contributed by atoms with Crippen molar-refractivity contribution in [3.63, 3.8) is 0 Å². The zero-order chi connectivity index (χ0) is 21.7. The predicted molar refractivity (Wildman–Crippen MR) is 128 cm³/mol. The van der Waals surface area contributed by atoms with E-state index in [-0.39, 0.29) is 11.9 Å². The number of rotatable bonds is 7. The molecule has 2 nitrogen and oxygen atoms in total. The predicted octanol–water partition coefficient (Wildman–Crippen LogP) is 7.50. The van der Waals surface area contributed by atoms with E-state index in [9.17, 15) is 4.79 Å². The highest BCUT2D eigenvalue weighted by Gasteiger charge is 2.26. The first-order valence-corrected chi connectivity index (χ1v) is 11.9. The molecule has 1 unspecified atom stereocenters. The van der Waals surface area contributed by atoms with Crippen LogP contribution >= 0.6 is 23.2 Å². The maximum atomic E-state index is 12.7. The van der Waals surface area contributed by atoms with Gasteiger partial charge >= 0.3 is 0 Å². The number of amides is 1. The van der Waals surface area contributed by atoms with Crippen LogP contribution in [-0.2, 0) is 6.42 Å². The van der Waals surface area contributed by atoms with Gasteiger partial charge in [0.1, 0.15) is 0 Å². The summed E-state index contributed by atoms with van der Waals surface area (Å²) in [6, 6.07) is 14.0. The number of hydrogen-bond acceptors (Lipinski definition) is 1. The second kappa shape index (κ2) is 10.7. The molecule has 2 aromatic rings. The minimum absolute atomic E-state index is 0.0435. The third-order valence-electron chi connectivity index (χ3n) is 6.50. The molecule has 30 heavy (non-hydrogen) atoms. The van der Waals surface area contributed by atoms with E-state index >= 15 is 0 Å². The minimum Gasteiger partial charge on any atom is -0.349 e. The summed E-state index contributed by atoms with van der Waals surface area (Å²) in [5.74, 6) is 1.86. The summed E-state index contributed by atoms with van der Waals surface area (Å²) in [7, 11) is 0. The smallest absolute Gasteiger partial charge is 0.251 e. The van der Waals surface area contributed by atoms with Crippen LogP contribution in [0.1, 0.15) is 67.4 Å². The Morgan fingerprint density at radius 1 is 0.967 bits per heavy atom. The van der Waals surface area contributed by atoms with E-state index in [1.54, 1.807) is 0 Å². The van der Waals surface area contributed by atoms with Gasteiger partial charge in [-0.3, -0.25) is 4.79 Å². The molecule has 1 aliphatic rings. The van der Waals surface area contributed by atoms with Gasteiger partial charge in [0.25, 0.3) is 5.91 Å². The van der Waals surface area contributed by atoms with Gasteiger partial charge in [-0.05, 0) is 80.2 Å². The number of carbonyl (C=O) groups excluding carboxylic acids is 1. The molecule has 1 N–H and O–H groups in total. The van der Waals surface area contributed by atoms with Gasteiger partial charge in [-0.2, -0.15) is 0 Å². The summed E-state index contributed by atoms with van der Waals surface area (Å²) < 4.78 is 0. The normalized spacial score (nSPS) is 20.2. The van der Waals surface area contributed by atoms with Crippen LogP contribution in [0.5, 0.6) is 0 Å². The fourth-order valence-electron chi connectivity index (χ4n) is 4.48. The molecule has 1 saturated carbocycles. The summed E-state index contributed by atoms with van der Waals surface area (Å²) in [6.45, 7) is 6.45. The van der Waals surface area contributed by atoms with Crippen molar-refractivity contribution in [1.82, 2.24) is 5.32 Å². The Bertz CT molecular complexity index is 839. The largest absolute Gasteiger partial charge is 0.349 e. The van der Waals surface area contributed by atoms with E-state index in [0.29, 0.717) is 27.8 Å². The fourth-order valence-corrected chi connectivity index (χ4v) is 4.81. The first kappa shape index (κ1) is 23.2. The Kier molecular flexibility index (Phi) is 8.25. The highest BCUT2D eigenvalue weighted by Crippen LogP contribution is 2.35. The van der Waals surface area contributed by atoms with Gasteiger partial charge in [0, 0.05) is 11.6 Å². The lowest BCUT2D eigenvalue weighted by Gasteiger charge is -2.32. The average Bonchev–Trinajstić information content (AvgIpc) is 2.72. The molecule has 1 amide bonds. The molecule has 1 aliphatic carbocycles. The van der Waals surface area contributed by atoms with Crippen molar-refractivity contribution in [3.8, 4) is 0 Å². The van der Waals surface area contributed by atoms with Crippen molar-refractivity contribution in [2.45, 2.75) is 65.3 Å². The Morgan fingerprint density at radius 3 is 2.20 bits per heavy atom. The Balaban J connectivity index is 1.50. The maximum Gasteiger partial charge on any atom is 0.251 e. The van der Waals surface area contributed by atoms with Crippen LogP contribution < -0.4 is 5.32 Å². The molecular formula is C26H33Cl2NO. The van der Waals surface area contributed by atoms with Crippen LogP contribution in [-0.4, -0.2) is 11.9 Å². The van der Waals surface area contributed by atoms with Crippen molar-refractivity contribution in [2.75, 3.05) is 0 Å². The molecule has 0 radical (unpaired) electrons. The number of hydrogen-bond donors (Lipinski definition) is 1. The number of carbonyl (C=O) groups is 1. The van der Waals surface area contributed by atoms with Crippen LogP contribution in [0.2, 0.25) is 10.0 Å². The van der Waals surface area contributed by atoms with Crippen LogP contribution in [0.15, 0.2) is 42.5 Å². The van der Waals surface area contributed by atoms with Crippen molar-refractivity contribution in [1.29, 1.82) is 0 Å². The van der Waals surface area contributed by atoms with E-state index in [4.69, 9.17) is 23.2 Å². The monoisotopic (exact) mass is 445 g/mol. The van der Waals surface area contributed by atoms with Crippen molar-refractivity contribution in [2.24, 2.45) is 17.8 Å². The second-order valence-electron chi connectivity index (χ2n) is 9.27. The molecule has 2 aromatic carbocycles. The topological polar surface area (TPSA) is 29.1 Å². The third kappa shape index (κ3) is 6.49. The molecular weight excluding hydrogens is 413 g/mol. The van der Waals surface area contributed by atoms with E-state index in [1.165, 1.54) is 36.8 Å². The van der Waals surface area contributed by atoms with Gasteiger partial charge in [0.15, 0.2) is 0 Å². The summed E-state index contributed by atoms with van der Waals surface area (Å²) in [4.78, 5) is 12.7. The average molecular weight is 446 g/mol. The maximum absolute atomic E-state index is 12.7. The molecule has 1 fully saturated rings. The van der Waals surface area contributed by atoms with Gasteiger partial charge in [-0.25, -0.2) is 0 Å². The van der Waals surface area contributed by atoms with Crippen molar-refractivity contribution >= 4 is 29.1 Å². The van der Waals surface area contributed by atoms with Gasteiger partial charge < -0.3 is 5.32 Å². The molecule has 0 aliphatic heterocycles. The summed E-state index contributed by atoms with van der Waals surface area (Å²) >= 11 is 12.2. The zero-order valence-electron chi connectivity index (χ0n) is 18.3. The van der Waals surface area contributed by atoms with Gasteiger partial charge in [-0.15, -0.1) is 0 Å². The number of benzene rings is 2. The lowest BCUT2D eigenvalue weighted by Crippen LogP contribution is -2.40. The van der Waals surface area contributed by atoms with E-state index in [2.05, 4.69) is 25.2 Å². The van der Waals surface area contributed by atoms with Crippen molar-refractivity contribution in [3.05, 3.63) is 69.2 Å². The summed E-state index contributed by atoms with van der Waals surface area (Å²) in [5, 5.41) is 4.56. The standard InChI is InChI=1S/C26H33Cl2NO/c1-17(2)25(29-26(30)22-11-4-18(3)5-12-22)16-20-8-6-19(7-9-20)14-21-10-13-23(27)24(28)15-21/h4-5,10-13,15,17,19-20,25H,6-9,14,16H2,1-3H3,(H,29,30). The lowest BCUT2D eigenvalue weighted by molar-refractivity contribution is 0.0912. The Morgan fingerprint density at radius 2 is 1.60 bits per heavy atom. The van der Waals surface area contributed by atoms with E-state index < -0.39 is 0 Å². The molecule has 0 saturated heterocycles. The van der Waals surface area contributed by atoms with Crippen molar-refractivity contribution < 1.29 is 4.79 Å². The highest BCUT2D eigenvalue weighted by atomic mass is 35.5. The molecule has 1 atom stereocenters. The summed E-state index contributed by atoms with van der Waals surface area (Å²) in [5.41, 5.74) is 3.19. The van der Waals surface area contributed by atoms with E-state index in [1.807, 2.05) is 43.3 Å². The Labute approximate surface area is 191 Å². The molecule has 4 heteroatoms.